The number of carbonyl (C=O) groups is 3. The van der Waals surface area contributed by atoms with Crippen molar-refractivity contribution in [3.63, 3.8) is 0 Å². The lowest BCUT2D eigenvalue weighted by molar-refractivity contribution is -0.155. The fraction of sp³-hybridized carbons (Fsp3) is 0.640. The molecule has 3 aliphatic heterocycles. The first kappa shape index (κ1) is 24.1. The number of likely N-dealkylation sites (tertiary alicyclic amines) is 1. The molecule has 7 nitrogen and oxygen atoms in total. The van der Waals surface area contributed by atoms with Gasteiger partial charge >= 0.3 is 5.97 Å². The highest BCUT2D eigenvalue weighted by Crippen LogP contribution is 2.72. The van der Waals surface area contributed by atoms with E-state index in [0.717, 1.165) is 12.0 Å². The first-order valence-electron chi connectivity index (χ1n) is 11.7. The molecule has 33 heavy (non-hydrogen) atoms. The third kappa shape index (κ3) is 3.75. The van der Waals surface area contributed by atoms with Gasteiger partial charge in [0.2, 0.25) is 11.8 Å². The summed E-state index contributed by atoms with van der Waals surface area (Å²) >= 11 is 1.60. The van der Waals surface area contributed by atoms with Crippen molar-refractivity contribution >= 4 is 29.5 Å². The Morgan fingerprint density at radius 2 is 1.94 bits per heavy atom. The second-order valence-electron chi connectivity index (χ2n) is 10.6. The van der Waals surface area contributed by atoms with Crippen molar-refractivity contribution in [2.24, 2.45) is 11.8 Å². The van der Waals surface area contributed by atoms with Crippen molar-refractivity contribution in [3.05, 3.63) is 35.9 Å². The minimum absolute atomic E-state index is 0.241. The molecule has 2 bridgehead atoms. The van der Waals surface area contributed by atoms with Crippen LogP contribution in [-0.2, 0) is 19.1 Å². The van der Waals surface area contributed by atoms with Crippen LogP contribution in [0.25, 0.3) is 0 Å². The number of nitrogens with zero attached hydrogens (tertiary/aromatic N) is 1. The summed E-state index contributed by atoms with van der Waals surface area (Å²) in [5.41, 5.74) is 0.269. The van der Waals surface area contributed by atoms with Crippen LogP contribution >= 0.6 is 11.8 Å². The molecule has 1 spiro atoms. The van der Waals surface area contributed by atoms with E-state index >= 15 is 0 Å². The predicted octanol–water partition coefficient (Wildman–Crippen LogP) is 2.68. The third-order valence-electron chi connectivity index (χ3n) is 7.19. The van der Waals surface area contributed by atoms with Crippen LogP contribution in [0, 0.1) is 11.8 Å². The number of aliphatic hydroxyl groups excluding tert-OH is 1. The van der Waals surface area contributed by atoms with Gasteiger partial charge in [-0.1, -0.05) is 30.3 Å². The Balaban J connectivity index is 1.84. The van der Waals surface area contributed by atoms with E-state index in [9.17, 15) is 19.5 Å². The van der Waals surface area contributed by atoms with E-state index in [1.54, 1.807) is 23.6 Å². The number of ether oxygens (including phenoxy) is 1. The van der Waals surface area contributed by atoms with E-state index in [2.05, 4.69) is 5.32 Å². The van der Waals surface area contributed by atoms with Crippen molar-refractivity contribution in [1.29, 1.82) is 0 Å². The minimum Gasteiger partial charge on any atom is -0.466 e. The second-order valence-corrected chi connectivity index (χ2v) is 12.5. The average Bonchev–Trinajstić information content (AvgIpc) is 3.30. The van der Waals surface area contributed by atoms with E-state index in [1.165, 1.54) is 0 Å². The number of rotatable bonds is 6. The Morgan fingerprint density at radius 3 is 2.52 bits per heavy atom. The Morgan fingerprint density at radius 1 is 1.27 bits per heavy atom. The Labute approximate surface area is 199 Å². The lowest BCUT2D eigenvalue weighted by Gasteiger charge is -2.38. The molecule has 0 saturated carbocycles. The topological polar surface area (TPSA) is 95.9 Å². The van der Waals surface area contributed by atoms with E-state index in [1.807, 2.05) is 58.0 Å². The summed E-state index contributed by atoms with van der Waals surface area (Å²) in [4.78, 5) is 42.5. The molecule has 0 aliphatic carbocycles. The molecule has 0 aromatic heterocycles. The van der Waals surface area contributed by atoms with Gasteiger partial charge < -0.3 is 20.1 Å². The molecule has 2 N–H and O–H groups in total. The van der Waals surface area contributed by atoms with Crippen LogP contribution in [0.15, 0.2) is 30.3 Å². The molecule has 3 aliphatic rings. The van der Waals surface area contributed by atoms with Crippen LogP contribution in [0.3, 0.4) is 0 Å². The van der Waals surface area contributed by atoms with Gasteiger partial charge in [-0.3, -0.25) is 14.4 Å². The first-order valence-corrected chi connectivity index (χ1v) is 12.5. The quantitative estimate of drug-likeness (QED) is 0.616. The summed E-state index contributed by atoms with van der Waals surface area (Å²) < 4.78 is 4.21. The standard InChI is InChI=1S/C25H34N2O5S/c1-6-32-22(31)18-17-21(30)27(16(14-28)15-10-8-7-9-11-15)19(20(29)26-23(2,3)4)25(17)13-12-24(18,5)33-25/h7-11,16-19,28H,6,12-14H2,1-5H3,(H,26,29)/t16-,17+,18-,19?,24+,25?/m1/s1. The Bertz CT molecular complexity index is 948. The van der Waals surface area contributed by atoms with Crippen molar-refractivity contribution in [2.75, 3.05) is 13.2 Å². The van der Waals surface area contributed by atoms with Gasteiger partial charge in [0.1, 0.15) is 6.04 Å². The molecule has 4 rings (SSSR count). The molecule has 3 saturated heterocycles. The summed E-state index contributed by atoms with van der Waals surface area (Å²) in [6.45, 7) is 9.42. The number of nitrogens with one attached hydrogen (secondary N) is 1. The smallest absolute Gasteiger partial charge is 0.311 e. The van der Waals surface area contributed by atoms with E-state index in [4.69, 9.17) is 4.74 Å². The summed E-state index contributed by atoms with van der Waals surface area (Å²) in [5.74, 6) is -2.14. The van der Waals surface area contributed by atoms with Crippen LogP contribution in [0.5, 0.6) is 0 Å². The molecule has 180 valence electrons. The number of esters is 1. The van der Waals surface area contributed by atoms with E-state index < -0.39 is 39.0 Å². The molecule has 0 radical (unpaired) electrons. The van der Waals surface area contributed by atoms with E-state index in [-0.39, 0.29) is 31.0 Å². The van der Waals surface area contributed by atoms with Crippen molar-refractivity contribution in [1.82, 2.24) is 10.2 Å². The van der Waals surface area contributed by atoms with Crippen molar-refractivity contribution < 1.29 is 24.2 Å². The van der Waals surface area contributed by atoms with Crippen molar-refractivity contribution in [3.8, 4) is 0 Å². The zero-order valence-electron chi connectivity index (χ0n) is 20.0. The number of hydrogen-bond acceptors (Lipinski definition) is 6. The maximum absolute atomic E-state index is 14.1. The summed E-state index contributed by atoms with van der Waals surface area (Å²) in [5, 5.41) is 13.5. The summed E-state index contributed by atoms with van der Waals surface area (Å²) in [6.07, 6.45) is 1.39. The van der Waals surface area contributed by atoms with Crippen LogP contribution in [0.4, 0.5) is 0 Å². The van der Waals surface area contributed by atoms with Crippen LogP contribution in [0.2, 0.25) is 0 Å². The largest absolute Gasteiger partial charge is 0.466 e. The molecule has 1 aromatic rings. The number of carbonyl (C=O) groups excluding carboxylic acids is 3. The van der Waals surface area contributed by atoms with Gasteiger partial charge in [-0.25, -0.2) is 0 Å². The molecule has 1 aromatic carbocycles. The summed E-state index contributed by atoms with van der Waals surface area (Å²) in [6, 6.07) is 7.81. The molecule has 8 heteroatoms. The zero-order chi connectivity index (χ0) is 24.2. The highest BCUT2D eigenvalue weighted by molar-refractivity contribution is 8.02. The minimum atomic E-state index is -0.794. The van der Waals surface area contributed by atoms with Crippen LogP contribution in [0.1, 0.15) is 59.1 Å². The maximum Gasteiger partial charge on any atom is 0.311 e. The number of aliphatic hydroxyl groups is 1. The number of benzene rings is 1. The number of thioether (sulfide) groups is 1. The summed E-state index contributed by atoms with van der Waals surface area (Å²) in [7, 11) is 0. The van der Waals surface area contributed by atoms with Gasteiger partial charge in [-0.05, 0) is 53.0 Å². The Kier molecular flexibility index (Phi) is 6.06. The highest BCUT2D eigenvalue weighted by atomic mass is 32.2. The van der Waals surface area contributed by atoms with Crippen molar-refractivity contribution in [2.45, 2.75) is 74.6 Å². The monoisotopic (exact) mass is 474 g/mol. The fourth-order valence-electron chi connectivity index (χ4n) is 6.06. The first-order chi connectivity index (χ1) is 15.5. The van der Waals surface area contributed by atoms with Crippen LogP contribution in [-0.4, -0.2) is 62.1 Å². The van der Waals surface area contributed by atoms with Crippen LogP contribution < -0.4 is 5.32 Å². The number of amides is 2. The third-order valence-corrected chi connectivity index (χ3v) is 9.18. The SMILES string of the molecule is CCOC(=O)[C@H]1[C@H]2C(=O)N([C@H](CO)c3ccccc3)C(C(=O)NC(C)(C)C)C23CC[C@]1(C)S3. The molecule has 3 heterocycles. The predicted molar refractivity (Wildman–Crippen MR) is 126 cm³/mol. The normalized spacial score (nSPS) is 33.7. The Hall–Kier alpha value is -2.06. The van der Waals surface area contributed by atoms with Gasteiger partial charge in [-0.2, -0.15) is 0 Å². The molecule has 2 amide bonds. The van der Waals surface area contributed by atoms with Gasteiger partial charge in [-0.15, -0.1) is 11.8 Å². The zero-order valence-corrected chi connectivity index (χ0v) is 20.8. The van der Waals surface area contributed by atoms with Gasteiger partial charge in [0.15, 0.2) is 0 Å². The molecular weight excluding hydrogens is 440 g/mol. The van der Waals surface area contributed by atoms with E-state index in [0.29, 0.717) is 6.42 Å². The molecule has 3 fully saturated rings. The maximum atomic E-state index is 14.1. The number of fused-ring (bicyclic) bond motifs is 1. The lowest BCUT2D eigenvalue weighted by atomic mass is 9.66. The second kappa shape index (κ2) is 8.31. The van der Waals surface area contributed by atoms with Gasteiger partial charge in [0.05, 0.1) is 35.8 Å². The molecule has 6 atom stereocenters. The average molecular weight is 475 g/mol. The van der Waals surface area contributed by atoms with Gasteiger partial charge in [0.25, 0.3) is 0 Å². The van der Waals surface area contributed by atoms with Gasteiger partial charge in [0, 0.05) is 10.3 Å². The highest BCUT2D eigenvalue weighted by Gasteiger charge is 2.78. The number of hydrogen-bond donors (Lipinski definition) is 2. The lowest BCUT2D eigenvalue weighted by Crippen LogP contribution is -2.57. The fourth-order valence-corrected chi connectivity index (χ4v) is 8.39. The molecule has 2 unspecified atom stereocenters. The molecular formula is C25H34N2O5S.